The normalized spacial score (nSPS) is 33.0. The van der Waals surface area contributed by atoms with Gasteiger partial charge in [0.15, 0.2) is 0 Å². The number of halogens is 1. The third kappa shape index (κ3) is 3.52. The van der Waals surface area contributed by atoms with Gasteiger partial charge in [-0.2, -0.15) is 0 Å². The number of alkyl halides is 1. The number of hydrogen-bond donors (Lipinski definition) is 3. The van der Waals surface area contributed by atoms with E-state index in [0.29, 0.717) is 37.9 Å². The van der Waals surface area contributed by atoms with E-state index in [1.54, 1.807) is 4.90 Å². The molecule has 3 unspecified atom stereocenters. The lowest BCUT2D eigenvalue weighted by molar-refractivity contribution is -0.136. The van der Waals surface area contributed by atoms with Gasteiger partial charge in [-0.05, 0) is 43.2 Å². The van der Waals surface area contributed by atoms with E-state index in [4.69, 9.17) is 0 Å². The van der Waals surface area contributed by atoms with Crippen molar-refractivity contribution in [1.29, 1.82) is 0 Å². The van der Waals surface area contributed by atoms with Crippen molar-refractivity contribution in [2.24, 2.45) is 0 Å². The van der Waals surface area contributed by atoms with Crippen molar-refractivity contribution in [2.75, 3.05) is 6.54 Å². The summed E-state index contributed by atoms with van der Waals surface area (Å²) in [5.74, 6) is -0.893. The average molecular weight is 414 g/mol. The summed E-state index contributed by atoms with van der Waals surface area (Å²) in [6.45, 7) is 1.04. The third-order valence-corrected chi connectivity index (χ3v) is 6.96. The fourth-order valence-corrected chi connectivity index (χ4v) is 5.59. The minimum absolute atomic E-state index is 0.188. The first-order chi connectivity index (χ1) is 14.4. The standard InChI is InChI=1S/C22H27FN4O3/c23-22(8-15-4-5-16(9-22)25-15)12-24-10-13-2-1-3-14-11-27(21(30)19(13)14)17-6-7-18(28)26-20(17)29/h1-3,15-17,24-25H,4-12H2,(H,26,28,29). The third-order valence-electron chi connectivity index (χ3n) is 6.96. The maximum Gasteiger partial charge on any atom is 0.255 e. The summed E-state index contributed by atoms with van der Waals surface area (Å²) < 4.78 is 15.3. The molecule has 4 aliphatic rings. The first-order valence-corrected chi connectivity index (χ1v) is 10.8. The summed E-state index contributed by atoms with van der Waals surface area (Å²) >= 11 is 0. The molecule has 3 amide bonds. The van der Waals surface area contributed by atoms with Gasteiger partial charge in [-0.1, -0.05) is 18.2 Å². The molecule has 0 aliphatic carbocycles. The van der Waals surface area contributed by atoms with Gasteiger partial charge in [0, 0.05) is 43.7 Å². The number of carbonyl (C=O) groups is 3. The molecule has 4 heterocycles. The van der Waals surface area contributed by atoms with Crippen LogP contribution < -0.4 is 16.0 Å². The van der Waals surface area contributed by atoms with Crippen LogP contribution in [-0.2, 0) is 22.7 Å². The summed E-state index contributed by atoms with van der Waals surface area (Å²) in [6.07, 6.45) is 3.75. The van der Waals surface area contributed by atoms with Gasteiger partial charge in [0.05, 0.1) is 0 Å². The van der Waals surface area contributed by atoms with Gasteiger partial charge < -0.3 is 15.5 Å². The van der Waals surface area contributed by atoms with Gasteiger partial charge in [-0.15, -0.1) is 0 Å². The second-order valence-electron chi connectivity index (χ2n) is 9.15. The van der Waals surface area contributed by atoms with Crippen molar-refractivity contribution in [3.63, 3.8) is 0 Å². The van der Waals surface area contributed by atoms with Crippen LogP contribution in [0.25, 0.3) is 0 Å². The Morgan fingerprint density at radius 2 is 1.90 bits per heavy atom. The number of hydrogen-bond acceptors (Lipinski definition) is 5. The Morgan fingerprint density at radius 3 is 2.63 bits per heavy atom. The summed E-state index contributed by atoms with van der Waals surface area (Å²) in [6, 6.07) is 5.61. The number of nitrogens with one attached hydrogen (secondary N) is 3. The zero-order chi connectivity index (χ0) is 20.9. The van der Waals surface area contributed by atoms with E-state index >= 15 is 4.39 Å². The molecule has 0 radical (unpaired) electrons. The van der Waals surface area contributed by atoms with Crippen LogP contribution in [0.3, 0.4) is 0 Å². The number of piperidine rings is 2. The summed E-state index contributed by atoms with van der Waals surface area (Å²) in [5.41, 5.74) is 1.09. The molecule has 4 aliphatic heterocycles. The number of nitrogens with zero attached hydrogens (tertiary/aromatic N) is 1. The molecule has 0 spiro atoms. The van der Waals surface area contributed by atoms with Crippen LogP contribution >= 0.6 is 0 Å². The maximum atomic E-state index is 15.3. The van der Waals surface area contributed by atoms with Gasteiger partial charge in [0.2, 0.25) is 11.8 Å². The van der Waals surface area contributed by atoms with Crippen molar-refractivity contribution in [3.8, 4) is 0 Å². The van der Waals surface area contributed by atoms with Crippen LogP contribution in [0.5, 0.6) is 0 Å². The second-order valence-corrected chi connectivity index (χ2v) is 9.15. The van der Waals surface area contributed by atoms with E-state index in [1.165, 1.54) is 0 Å². The first kappa shape index (κ1) is 19.6. The molecule has 30 heavy (non-hydrogen) atoms. The first-order valence-electron chi connectivity index (χ1n) is 10.8. The second kappa shape index (κ2) is 7.42. The lowest BCUT2D eigenvalue weighted by Crippen LogP contribution is -2.52. The number of fused-ring (bicyclic) bond motifs is 3. The molecule has 1 aromatic rings. The fraction of sp³-hybridized carbons (Fsp3) is 0.591. The van der Waals surface area contributed by atoms with Crippen LogP contribution in [0.2, 0.25) is 0 Å². The number of amides is 3. The van der Waals surface area contributed by atoms with Gasteiger partial charge in [0.25, 0.3) is 5.91 Å². The molecule has 0 saturated carbocycles. The highest BCUT2D eigenvalue weighted by atomic mass is 19.1. The molecule has 8 heteroatoms. The van der Waals surface area contributed by atoms with Crippen LogP contribution in [0, 0.1) is 0 Å². The van der Waals surface area contributed by atoms with Crippen molar-refractivity contribution in [2.45, 2.75) is 75.4 Å². The van der Waals surface area contributed by atoms with Crippen molar-refractivity contribution >= 4 is 17.7 Å². The SMILES string of the molecule is O=C1CCC(N2Cc3cccc(CNCC4(F)CC5CCC(C4)N5)c3C2=O)C(=O)N1. The molecule has 3 fully saturated rings. The number of imide groups is 1. The quantitative estimate of drug-likeness (QED) is 0.629. The zero-order valence-electron chi connectivity index (χ0n) is 16.9. The summed E-state index contributed by atoms with van der Waals surface area (Å²) in [7, 11) is 0. The molecule has 3 N–H and O–H groups in total. The molecule has 2 bridgehead atoms. The van der Waals surface area contributed by atoms with E-state index < -0.39 is 17.6 Å². The highest BCUT2D eigenvalue weighted by molar-refractivity contribution is 6.05. The van der Waals surface area contributed by atoms with E-state index in [2.05, 4.69) is 16.0 Å². The maximum absolute atomic E-state index is 15.3. The fourth-order valence-electron chi connectivity index (χ4n) is 5.59. The molecular weight excluding hydrogens is 387 g/mol. The molecular formula is C22H27FN4O3. The Balaban J connectivity index is 1.26. The predicted molar refractivity (Wildman–Crippen MR) is 107 cm³/mol. The molecule has 1 aromatic carbocycles. The number of carbonyl (C=O) groups excluding carboxylic acids is 3. The van der Waals surface area contributed by atoms with Gasteiger partial charge >= 0.3 is 0 Å². The van der Waals surface area contributed by atoms with E-state index in [1.807, 2.05) is 18.2 Å². The molecule has 0 aromatic heterocycles. The summed E-state index contributed by atoms with van der Waals surface area (Å²) in [4.78, 5) is 38.3. The monoisotopic (exact) mass is 414 g/mol. The molecule has 7 nitrogen and oxygen atoms in total. The average Bonchev–Trinajstić information content (AvgIpc) is 3.22. The van der Waals surface area contributed by atoms with Crippen molar-refractivity contribution in [1.82, 2.24) is 20.9 Å². The van der Waals surface area contributed by atoms with Crippen molar-refractivity contribution < 1.29 is 18.8 Å². The van der Waals surface area contributed by atoms with E-state index in [9.17, 15) is 14.4 Å². The lowest BCUT2D eigenvalue weighted by Gasteiger charge is -2.35. The smallest absolute Gasteiger partial charge is 0.255 e. The topological polar surface area (TPSA) is 90.5 Å². The zero-order valence-corrected chi connectivity index (χ0v) is 16.9. The Hall–Kier alpha value is -2.32. The predicted octanol–water partition coefficient (Wildman–Crippen LogP) is 1.16. The molecule has 160 valence electrons. The highest BCUT2D eigenvalue weighted by Crippen LogP contribution is 2.36. The molecule has 3 atom stereocenters. The number of benzene rings is 1. The minimum Gasteiger partial charge on any atom is -0.322 e. The van der Waals surface area contributed by atoms with Gasteiger partial charge in [-0.3, -0.25) is 19.7 Å². The van der Waals surface area contributed by atoms with Gasteiger partial charge in [0.1, 0.15) is 11.7 Å². The van der Waals surface area contributed by atoms with E-state index in [-0.39, 0.29) is 36.9 Å². The van der Waals surface area contributed by atoms with E-state index in [0.717, 1.165) is 24.0 Å². The lowest BCUT2D eigenvalue weighted by atomic mass is 9.89. The Morgan fingerprint density at radius 1 is 1.13 bits per heavy atom. The Kier molecular flexibility index (Phi) is 4.86. The number of rotatable bonds is 5. The highest BCUT2D eigenvalue weighted by Gasteiger charge is 2.44. The van der Waals surface area contributed by atoms with Crippen LogP contribution in [0.1, 0.15) is 60.0 Å². The van der Waals surface area contributed by atoms with Crippen LogP contribution in [0.15, 0.2) is 18.2 Å². The van der Waals surface area contributed by atoms with Gasteiger partial charge in [-0.25, -0.2) is 4.39 Å². The minimum atomic E-state index is -1.21. The Labute approximate surface area is 174 Å². The van der Waals surface area contributed by atoms with Crippen molar-refractivity contribution in [3.05, 3.63) is 34.9 Å². The molecule has 5 rings (SSSR count). The van der Waals surface area contributed by atoms with Crippen LogP contribution in [0.4, 0.5) is 4.39 Å². The molecule has 3 saturated heterocycles. The largest absolute Gasteiger partial charge is 0.322 e. The summed E-state index contributed by atoms with van der Waals surface area (Å²) in [5, 5.41) is 9.03. The van der Waals surface area contributed by atoms with Crippen LogP contribution in [-0.4, -0.2) is 53.0 Å². The Bertz CT molecular complexity index is 892.